The lowest BCUT2D eigenvalue weighted by Crippen LogP contribution is -2.53. The minimum atomic E-state index is -0.125. The maximum absolute atomic E-state index is 13.5. The highest BCUT2D eigenvalue weighted by atomic mass is 16.5. The van der Waals surface area contributed by atoms with E-state index in [-0.39, 0.29) is 18.0 Å². The molecule has 0 aromatic heterocycles. The molecule has 0 aliphatic carbocycles. The van der Waals surface area contributed by atoms with E-state index in [1.807, 2.05) is 23.1 Å². The molecule has 1 N–H and O–H groups in total. The van der Waals surface area contributed by atoms with Crippen LogP contribution < -0.4 is 14.8 Å². The summed E-state index contributed by atoms with van der Waals surface area (Å²) in [6.45, 7) is 8.59. The predicted octanol–water partition coefficient (Wildman–Crippen LogP) is 4.32. The van der Waals surface area contributed by atoms with E-state index in [2.05, 4.69) is 24.1 Å². The van der Waals surface area contributed by atoms with E-state index in [0.29, 0.717) is 36.6 Å². The Kier molecular flexibility index (Phi) is 9.68. The number of carbonyl (C=O) groups excluding carboxylic acids is 1. The molecule has 2 aliphatic rings. The molecule has 0 spiro atoms. The topological polar surface area (TPSA) is 63.3 Å². The third-order valence-corrected chi connectivity index (χ3v) is 7.25. The summed E-state index contributed by atoms with van der Waals surface area (Å²) in [5, 5.41) is 3.31. The summed E-state index contributed by atoms with van der Waals surface area (Å²) in [5.74, 6) is 2.11. The third-order valence-electron chi connectivity index (χ3n) is 7.25. The zero-order valence-corrected chi connectivity index (χ0v) is 21.1. The van der Waals surface area contributed by atoms with Crippen molar-refractivity contribution in [1.29, 1.82) is 0 Å². The van der Waals surface area contributed by atoms with Crippen LogP contribution in [-0.4, -0.2) is 76.0 Å². The Morgan fingerprint density at radius 2 is 1.85 bits per heavy atom. The van der Waals surface area contributed by atoms with Gasteiger partial charge < -0.3 is 29.3 Å². The molecule has 2 amide bonds. The van der Waals surface area contributed by atoms with Gasteiger partial charge in [0.05, 0.1) is 26.9 Å². The molecule has 2 aliphatic heterocycles. The number of hydrogen-bond acceptors (Lipinski definition) is 5. The van der Waals surface area contributed by atoms with Crippen LogP contribution in [0.2, 0.25) is 0 Å². The SMILES string of the molecule is COCCN(C[C@@H]1CCCN2CCCC[C@H]12)C(=O)N[C@@H](c1ccc(OC)c(OC)c1)C(C)C. The normalized spacial score (nSPS) is 21.9. The molecular weight excluding hydrogens is 418 g/mol. The molecule has 2 fully saturated rings. The molecule has 7 heteroatoms. The number of rotatable bonds is 10. The van der Waals surface area contributed by atoms with Gasteiger partial charge in [-0.3, -0.25) is 0 Å². The van der Waals surface area contributed by atoms with Crippen LogP contribution in [0.15, 0.2) is 18.2 Å². The lowest BCUT2D eigenvalue weighted by Gasteiger charge is -2.45. The van der Waals surface area contributed by atoms with E-state index in [9.17, 15) is 4.79 Å². The van der Waals surface area contributed by atoms with Gasteiger partial charge in [0.2, 0.25) is 0 Å². The summed E-state index contributed by atoms with van der Waals surface area (Å²) in [4.78, 5) is 18.2. The summed E-state index contributed by atoms with van der Waals surface area (Å²) in [6, 6.07) is 6.33. The molecular formula is C26H43N3O4. The van der Waals surface area contributed by atoms with E-state index in [1.165, 1.54) is 45.2 Å². The van der Waals surface area contributed by atoms with Crippen molar-refractivity contribution >= 4 is 6.03 Å². The molecule has 33 heavy (non-hydrogen) atoms. The van der Waals surface area contributed by atoms with Crippen molar-refractivity contribution in [1.82, 2.24) is 15.1 Å². The van der Waals surface area contributed by atoms with Crippen LogP contribution in [0.3, 0.4) is 0 Å². The maximum atomic E-state index is 13.5. The Hall–Kier alpha value is -1.99. The molecule has 0 bridgehead atoms. The zero-order valence-electron chi connectivity index (χ0n) is 21.1. The number of piperidine rings is 2. The fourth-order valence-corrected chi connectivity index (χ4v) is 5.46. The van der Waals surface area contributed by atoms with Gasteiger partial charge in [-0.25, -0.2) is 4.79 Å². The monoisotopic (exact) mass is 461 g/mol. The van der Waals surface area contributed by atoms with Crippen LogP contribution in [0.1, 0.15) is 57.6 Å². The van der Waals surface area contributed by atoms with Gasteiger partial charge in [-0.1, -0.05) is 26.3 Å². The predicted molar refractivity (Wildman–Crippen MR) is 131 cm³/mol. The standard InChI is InChI=1S/C26H43N3O4/c1-19(2)25(20-11-12-23(32-4)24(17-20)33-5)27-26(30)29(15-16-31-3)18-21-9-8-14-28-13-7-6-10-22(21)28/h11-12,17,19,21-22,25H,6-10,13-16,18H2,1-5H3,(H,27,30)/t21-,22+,25+/m0/s1. The van der Waals surface area contributed by atoms with Gasteiger partial charge in [0, 0.05) is 26.2 Å². The van der Waals surface area contributed by atoms with Crippen LogP contribution in [0.4, 0.5) is 4.79 Å². The van der Waals surface area contributed by atoms with Crippen LogP contribution in [0.5, 0.6) is 11.5 Å². The van der Waals surface area contributed by atoms with Gasteiger partial charge in [-0.15, -0.1) is 0 Å². The summed E-state index contributed by atoms with van der Waals surface area (Å²) >= 11 is 0. The highest BCUT2D eigenvalue weighted by Crippen LogP contribution is 2.33. The van der Waals surface area contributed by atoms with Gasteiger partial charge in [-0.2, -0.15) is 0 Å². The fraction of sp³-hybridized carbons (Fsp3) is 0.731. The Balaban J connectivity index is 1.74. The fourth-order valence-electron chi connectivity index (χ4n) is 5.46. The van der Waals surface area contributed by atoms with Crippen molar-refractivity contribution < 1.29 is 19.0 Å². The van der Waals surface area contributed by atoms with Gasteiger partial charge >= 0.3 is 6.03 Å². The molecule has 1 aromatic carbocycles. The van der Waals surface area contributed by atoms with Gasteiger partial charge in [0.25, 0.3) is 0 Å². The van der Waals surface area contributed by atoms with Gasteiger partial charge in [-0.05, 0) is 68.3 Å². The number of benzene rings is 1. The number of fused-ring (bicyclic) bond motifs is 1. The second-order valence-electron chi connectivity index (χ2n) is 9.73. The second kappa shape index (κ2) is 12.5. The lowest BCUT2D eigenvalue weighted by atomic mass is 9.83. The largest absolute Gasteiger partial charge is 0.493 e. The number of amides is 2. The molecule has 7 nitrogen and oxygen atoms in total. The highest BCUT2D eigenvalue weighted by molar-refractivity contribution is 5.75. The Morgan fingerprint density at radius 1 is 1.09 bits per heavy atom. The second-order valence-corrected chi connectivity index (χ2v) is 9.73. The zero-order chi connectivity index (χ0) is 23.8. The minimum Gasteiger partial charge on any atom is -0.493 e. The molecule has 0 radical (unpaired) electrons. The Bertz CT molecular complexity index is 755. The highest BCUT2D eigenvalue weighted by Gasteiger charge is 2.35. The lowest BCUT2D eigenvalue weighted by molar-refractivity contribution is 0.0417. The van der Waals surface area contributed by atoms with E-state index in [4.69, 9.17) is 14.2 Å². The Morgan fingerprint density at radius 3 is 2.55 bits per heavy atom. The van der Waals surface area contributed by atoms with E-state index >= 15 is 0 Å². The van der Waals surface area contributed by atoms with Crippen molar-refractivity contribution in [3.8, 4) is 11.5 Å². The molecule has 2 heterocycles. The van der Waals surface area contributed by atoms with Crippen LogP contribution in [0.25, 0.3) is 0 Å². The van der Waals surface area contributed by atoms with Crippen LogP contribution >= 0.6 is 0 Å². The van der Waals surface area contributed by atoms with Crippen molar-refractivity contribution in [2.45, 2.75) is 58.0 Å². The van der Waals surface area contributed by atoms with Crippen molar-refractivity contribution in [3.05, 3.63) is 23.8 Å². The van der Waals surface area contributed by atoms with Crippen LogP contribution in [0, 0.1) is 11.8 Å². The first-order chi connectivity index (χ1) is 16.0. The Labute approximate surface area is 199 Å². The first kappa shape index (κ1) is 25.6. The number of carbonyl (C=O) groups is 1. The number of ether oxygens (including phenoxy) is 3. The number of hydrogen-bond donors (Lipinski definition) is 1. The quantitative estimate of drug-likeness (QED) is 0.562. The van der Waals surface area contributed by atoms with Gasteiger partial charge in [0.15, 0.2) is 11.5 Å². The molecule has 0 saturated carbocycles. The van der Waals surface area contributed by atoms with E-state index < -0.39 is 0 Å². The summed E-state index contributed by atoms with van der Waals surface area (Å²) < 4.78 is 16.2. The molecule has 3 atom stereocenters. The maximum Gasteiger partial charge on any atom is 0.317 e. The molecule has 1 aromatic rings. The first-order valence-corrected chi connectivity index (χ1v) is 12.5. The van der Waals surface area contributed by atoms with E-state index in [1.54, 1.807) is 21.3 Å². The average Bonchev–Trinajstić information content (AvgIpc) is 2.84. The molecule has 3 rings (SSSR count). The first-order valence-electron chi connectivity index (χ1n) is 12.5. The van der Waals surface area contributed by atoms with Crippen LogP contribution in [-0.2, 0) is 4.74 Å². The average molecular weight is 462 g/mol. The minimum absolute atomic E-state index is 0.0199. The van der Waals surface area contributed by atoms with Crippen molar-refractivity contribution in [3.63, 3.8) is 0 Å². The van der Waals surface area contributed by atoms with E-state index in [0.717, 1.165) is 12.1 Å². The summed E-state index contributed by atoms with van der Waals surface area (Å²) in [6.07, 6.45) is 6.28. The number of nitrogens with one attached hydrogen (secondary N) is 1. The molecule has 2 saturated heterocycles. The number of methoxy groups -OCH3 is 3. The molecule has 0 unspecified atom stereocenters. The summed E-state index contributed by atoms with van der Waals surface area (Å²) in [7, 11) is 4.96. The van der Waals surface area contributed by atoms with Crippen molar-refractivity contribution in [2.75, 3.05) is 54.1 Å². The number of nitrogens with zero attached hydrogens (tertiary/aromatic N) is 2. The molecule has 186 valence electrons. The smallest absolute Gasteiger partial charge is 0.317 e. The van der Waals surface area contributed by atoms with Gasteiger partial charge in [0.1, 0.15) is 0 Å². The van der Waals surface area contributed by atoms with Crippen molar-refractivity contribution in [2.24, 2.45) is 11.8 Å². The summed E-state index contributed by atoms with van der Waals surface area (Å²) in [5.41, 5.74) is 1.01. The third kappa shape index (κ3) is 6.54. The number of urea groups is 1.